The minimum Gasteiger partial charge on any atom is -0.481 e. The summed E-state index contributed by atoms with van der Waals surface area (Å²) in [4.78, 5) is 15.9. The Bertz CT molecular complexity index is 307. The van der Waals surface area contributed by atoms with E-state index in [0.717, 1.165) is 19.0 Å². The minimum atomic E-state index is -0.672. The number of piperidine rings is 1. The number of aliphatic carboxylic acids is 1. The summed E-state index contributed by atoms with van der Waals surface area (Å²) in [5.41, 5.74) is 0. The van der Waals surface area contributed by atoms with Gasteiger partial charge >= 0.3 is 5.97 Å². The van der Waals surface area contributed by atoms with E-state index in [9.17, 15) is 4.79 Å². The standard InChI is InChI=1S/C15H28N2O2/c1-12(2)17(10-5-7-15(18)19)14-8-11-16-9-4-3-6-13(14)16/h12-14H,3-11H2,1-2H3,(H,18,19). The zero-order chi connectivity index (χ0) is 13.8. The average molecular weight is 268 g/mol. The molecule has 2 saturated heterocycles. The van der Waals surface area contributed by atoms with Crippen molar-refractivity contribution in [1.82, 2.24) is 9.80 Å². The molecule has 2 atom stereocenters. The first-order valence-electron chi connectivity index (χ1n) is 7.81. The van der Waals surface area contributed by atoms with Crippen molar-refractivity contribution in [2.75, 3.05) is 19.6 Å². The molecule has 4 heteroatoms. The van der Waals surface area contributed by atoms with Crippen molar-refractivity contribution in [3.63, 3.8) is 0 Å². The highest BCUT2D eigenvalue weighted by Gasteiger charge is 2.39. The van der Waals surface area contributed by atoms with E-state index >= 15 is 0 Å². The van der Waals surface area contributed by atoms with Crippen LogP contribution in [0.4, 0.5) is 0 Å². The van der Waals surface area contributed by atoms with Crippen LogP contribution in [-0.2, 0) is 4.79 Å². The lowest BCUT2D eigenvalue weighted by Crippen LogP contribution is -2.49. The molecule has 2 heterocycles. The molecule has 0 aliphatic carbocycles. The predicted octanol–water partition coefficient (Wildman–Crippen LogP) is 2.19. The number of carboxylic acids is 1. The highest BCUT2D eigenvalue weighted by Crippen LogP contribution is 2.31. The van der Waals surface area contributed by atoms with Gasteiger partial charge in [0.1, 0.15) is 0 Å². The molecular weight excluding hydrogens is 240 g/mol. The second kappa shape index (κ2) is 6.71. The average Bonchev–Trinajstić information content (AvgIpc) is 2.77. The van der Waals surface area contributed by atoms with Gasteiger partial charge in [0.2, 0.25) is 0 Å². The molecule has 2 aliphatic rings. The highest BCUT2D eigenvalue weighted by atomic mass is 16.4. The van der Waals surface area contributed by atoms with Crippen LogP contribution >= 0.6 is 0 Å². The third kappa shape index (κ3) is 3.69. The van der Waals surface area contributed by atoms with Gasteiger partial charge < -0.3 is 5.11 Å². The minimum absolute atomic E-state index is 0.296. The van der Waals surface area contributed by atoms with Gasteiger partial charge in [-0.15, -0.1) is 0 Å². The molecule has 0 bridgehead atoms. The number of carboxylic acid groups (broad SMARTS) is 1. The summed E-state index contributed by atoms with van der Waals surface area (Å²) in [5.74, 6) is -0.672. The molecule has 4 nitrogen and oxygen atoms in total. The normalized spacial score (nSPS) is 28.0. The number of rotatable bonds is 6. The van der Waals surface area contributed by atoms with E-state index < -0.39 is 5.97 Å². The smallest absolute Gasteiger partial charge is 0.303 e. The third-order valence-corrected chi connectivity index (χ3v) is 4.72. The summed E-state index contributed by atoms with van der Waals surface area (Å²) in [5, 5.41) is 8.79. The van der Waals surface area contributed by atoms with Crippen LogP contribution in [0.2, 0.25) is 0 Å². The molecule has 1 N–H and O–H groups in total. The largest absolute Gasteiger partial charge is 0.481 e. The molecule has 110 valence electrons. The Morgan fingerprint density at radius 3 is 2.79 bits per heavy atom. The molecule has 0 radical (unpaired) electrons. The molecule has 0 aromatic carbocycles. The van der Waals surface area contributed by atoms with Crippen LogP contribution in [0.3, 0.4) is 0 Å². The van der Waals surface area contributed by atoms with Crippen LogP contribution in [-0.4, -0.2) is 58.6 Å². The van der Waals surface area contributed by atoms with Crippen LogP contribution in [0.25, 0.3) is 0 Å². The van der Waals surface area contributed by atoms with Crippen molar-refractivity contribution in [2.24, 2.45) is 0 Å². The zero-order valence-electron chi connectivity index (χ0n) is 12.3. The van der Waals surface area contributed by atoms with Crippen LogP contribution in [0.5, 0.6) is 0 Å². The highest BCUT2D eigenvalue weighted by molar-refractivity contribution is 5.66. The van der Waals surface area contributed by atoms with Gasteiger partial charge in [0.25, 0.3) is 0 Å². The summed E-state index contributed by atoms with van der Waals surface area (Å²) in [6, 6.07) is 1.88. The van der Waals surface area contributed by atoms with E-state index in [4.69, 9.17) is 5.11 Å². The first kappa shape index (κ1) is 14.8. The van der Waals surface area contributed by atoms with Gasteiger partial charge in [-0.3, -0.25) is 14.6 Å². The maximum Gasteiger partial charge on any atom is 0.303 e. The van der Waals surface area contributed by atoms with E-state index in [0.29, 0.717) is 18.5 Å². The third-order valence-electron chi connectivity index (χ3n) is 4.72. The van der Waals surface area contributed by atoms with Gasteiger partial charge in [-0.1, -0.05) is 6.42 Å². The number of fused-ring (bicyclic) bond motifs is 1. The number of nitrogens with zero attached hydrogens (tertiary/aromatic N) is 2. The van der Waals surface area contributed by atoms with Crippen molar-refractivity contribution >= 4 is 5.97 Å². The fourth-order valence-corrected chi connectivity index (χ4v) is 3.83. The molecule has 19 heavy (non-hydrogen) atoms. The summed E-state index contributed by atoms with van der Waals surface area (Å²) < 4.78 is 0. The monoisotopic (exact) mass is 268 g/mol. The van der Waals surface area contributed by atoms with E-state index in [1.165, 1.54) is 38.8 Å². The molecule has 2 unspecified atom stereocenters. The van der Waals surface area contributed by atoms with Crippen molar-refractivity contribution in [1.29, 1.82) is 0 Å². The maximum absolute atomic E-state index is 10.7. The topological polar surface area (TPSA) is 43.8 Å². The first-order valence-corrected chi connectivity index (χ1v) is 7.81. The van der Waals surface area contributed by atoms with Crippen LogP contribution in [0, 0.1) is 0 Å². The Kier molecular flexibility index (Phi) is 5.22. The predicted molar refractivity (Wildman–Crippen MR) is 76.3 cm³/mol. The molecule has 0 saturated carbocycles. The SMILES string of the molecule is CC(C)N(CCCC(=O)O)C1CCN2CCCCC12. The fourth-order valence-electron chi connectivity index (χ4n) is 3.83. The van der Waals surface area contributed by atoms with Crippen LogP contribution < -0.4 is 0 Å². The summed E-state index contributed by atoms with van der Waals surface area (Å²) in [6.07, 6.45) is 6.37. The number of carbonyl (C=O) groups is 1. The molecule has 2 fully saturated rings. The van der Waals surface area contributed by atoms with Crippen molar-refractivity contribution in [2.45, 2.75) is 70.5 Å². The lowest BCUT2D eigenvalue weighted by atomic mass is 9.96. The van der Waals surface area contributed by atoms with Gasteiger partial charge in [0, 0.05) is 31.1 Å². The Labute approximate surface area is 116 Å². The summed E-state index contributed by atoms with van der Waals surface area (Å²) >= 11 is 0. The van der Waals surface area contributed by atoms with Crippen molar-refractivity contribution in [3.05, 3.63) is 0 Å². The van der Waals surface area contributed by atoms with E-state index in [-0.39, 0.29) is 0 Å². The molecular formula is C15H28N2O2. The second-order valence-corrected chi connectivity index (χ2v) is 6.28. The molecule has 0 amide bonds. The molecule has 0 aromatic heterocycles. The van der Waals surface area contributed by atoms with Crippen LogP contribution in [0.1, 0.15) is 52.4 Å². The van der Waals surface area contributed by atoms with Crippen molar-refractivity contribution < 1.29 is 9.90 Å². The summed E-state index contributed by atoms with van der Waals surface area (Å²) in [7, 11) is 0. The van der Waals surface area contributed by atoms with Gasteiger partial charge in [0.05, 0.1) is 0 Å². The lowest BCUT2D eigenvalue weighted by molar-refractivity contribution is -0.137. The molecule has 0 aromatic rings. The Hall–Kier alpha value is -0.610. The van der Waals surface area contributed by atoms with E-state index in [1.807, 2.05) is 0 Å². The number of hydrogen-bond acceptors (Lipinski definition) is 3. The quantitative estimate of drug-likeness (QED) is 0.802. The Morgan fingerprint density at radius 2 is 2.11 bits per heavy atom. The van der Waals surface area contributed by atoms with Crippen molar-refractivity contribution in [3.8, 4) is 0 Å². The van der Waals surface area contributed by atoms with Gasteiger partial charge in [0.15, 0.2) is 0 Å². The first-order chi connectivity index (χ1) is 9.09. The maximum atomic E-state index is 10.7. The molecule has 0 spiro atoms. The van der Waals surface area contributed by atoms with Gasteiger partial charge in [-0.05, 0) is 52.6 Å². The fraction of sp³-hybridized carbons (Fsp3) is 0.933. The zero-order valence-corrected chi connectivity index (χ0v) is 12.3. The van der Waals surface area contributed by atoms with E-state index in [2.05, 4.69) is 23.6 Å². The lowest BCUT2D eigenvalue weighted by Gasteiger charge is -2.40. The van der Waals surface area contributed by atoms with E-state index in [1.54, 1.807) is 0 Å². The summed E-state index contributed by atoms with van der Waals surface area (Å²) in [6.45, 7) is 7.91. The second-order valence-electron chi connectivity index (χ2n) is 6.28. The van der Waals surface area contributed by atoms with Gasteiger partial charge in [-0.25, -0.2) is 0 Å². The molecule has 2 aliphatic heterocycles. The van der Waals surface area contributed by atoms with Crippen LogP contribution in [0.15, 0.2) is 0 Å². The van der Waals surface area contributed by atoms with Gasteiger partial charge in [-0.2, -0.15) is 0 Å². The number of hydrogen-bond donors (Lipinski definition) is 1. The Morgan fingerprint density at radius 1 is 1.32 bits per heavy atom. The molecule has 2 rings (SSSR count). The Balaban J connectivity index is 1.92.